The normalized spacial score (nSPS) is 11.8. The molecule has 0 spiro atoms. The summed E-state index contributed by atoms with van der Waals surface area (Å²) in [6.45, 7) is 2.12. The van der Waals surface area contributed by atoms with Crippen molar-refractivity contribution in [2.75, 3.05) is 0 Å². The molecule has 82 valence electrons. The fraction of sp³-hybridized carbons (Fsp3) is 0.154. The van der Waals surface area contributed by atoms with Crippen molar-refractivity contribution >= 4 is 21.0 Å². The van der Waals surface area contributed by atoms with Gasteiger partial charge in [-0.3, -0.25) is 0 Å². The Morgan fingerprint density at radius 2 is 2.06 bits per heavy atom. The van der Waals surface area contributed by atoms with Crippen LogP contribution in [0.1, 0.15) is 12.7 Å². The summed E-state index contributed by atoms with van der Waals surface area (Å²) in [5.41, 5.74) is 1.98. The van der Waals surface area contributed by atoms with Gasteiger partial charge in [0.05, 0.1) is 0 Å². The number of rotatable bonds is 3. The van der Waals surface area contributed by atoms with Gasteiger partial charge in [-0.2, -0.15) is 0 Å². The number of nitrogens with zero attached hydrogens (tertiary/aromatic N) is 1. The molecule has 0 atom stereocenters. The third-order valence-electron chi connectivity index (χ3n) is 2.27. The molecule has 3 heteroatoms. The van der Waals surface area contributed by atoms with Gasteiger partial charge >= 0.3 is 101 Å². The molecule has 0 N–H and O–H groups in total. The molecule has 2 rings (SSSR count). The van der Waals surface area contributed by atoms with Crippen molar-refractivity contribution in [3.05, 3.63) is 46.6 Å². The van der Waals surface area contributed by atoms with E-state index >= 15 is 0 Å². The van der Waals surface area contributed by atoms with E-state index in [1.807, 2.05) is 36.4 Å². The molecule has 0 radical (unpaired) electrons. The monoisotopic (exact) mass is 279 g/mol. The van der Waals surface area contributed by atoms with Crippen LogP contribution in [-0.4, -0.2) is 20.1 Å². The zero-order valence-electron chi connectivity index (χ0n) is 9.31. The maximum atomic E-state index is 5.28. The Bertz CT molecular complexity index is 488. The summed E-state index contributed by atoms with van der Waals surface area (Å²) in [4.78, 5) is 0. The molecule has 1 heterocycles. The maximum absolute atomic E-state index is 5.28. The topological polar surface area (TPSA) is 26.0 Å². The molecule has 2 aromatic rings. The minimum absolute atomic E-state index is 0.527. The number of hydrogen-bond acceptors (Lipinski definition) is 2. The van der Waals surface area contributed by atoms with Crippen molar-refractivity contribution in [2.24, 2.45) is 0 Å². The van der Waals surface area contributed by atoms with E-state index in [0.717, 1.165) is 17.0 Å². The first-order valence-corrected chi connectivity index (χ1v) is 7.61. The first-order valence-electron chi connectivity index (χ1n) is 5.04. The minimum atomic E-state index is 0.527. The molecule has 0 amide bonds. The fourth-order valence-corrected chi connectivity index (χ4v) is 1.85. The van der Waals surface area contributed by atoms with Crippen molar-refractivity contribution in [1.29, 1.82) is 0 Å². The van der Waals surface area contributed by atoms with Gasteiger partial charge in [0.2, 0.25) is 0 Å². The first-order chi connectivity index (χ1) is 7.79. The van der Waals surface area contributed by atoms with Crippen LogP contribution in [0, 0.1) is 0 Å². The van der Waals surface area contributed by atoms with Crippen LogP contribution in [0.5, 0.6) is 0 Å². The van der Waals surface area contributed by atoms with E-state index in [9.17, 15) is 0 Å². The van der Waals surface area contributed by atoms with Crippen LogP contribution in [0.4, 0.5) is 0 Å². The summed E-state index contributed by atoms with van der Waals surface area (Å²) in [5.74, 6) is 3.02. The van der Waals surface area contributed by atoms with E-state index in [-0.39, 0.29) is 0 Å². The van der Waals surface area contributed by atoms with Crippen molar-refractivity contribution < 1.29 is 4.52 Å². The second-order valence-corrected chi connectivity index (χ2v) is 5.65. The van der Waals surface area contributed by atoms with Gasteiger partial charge in [0, 0.05) is 0 Å². The molecule has 0 unspecified atom stereocenters. The van der Waals surface area contributed by atoms with Crippen LogP contribution in [0.2, 0.25) is 5.82 Å². The standard InChI is InChI=1S/C13H13NOSe/c1-10(16-2)8-12-9-13(14-15-12)11-6-4-3-5-7-11/h3-9H,1-2H3/b10-8-. The van der Waals surface area contributed by atoms with E-state index in [4.69, 9.17) is 4.52 Å². The van der Waals surface area contributed by atoms with Crippen LogP contribution in [0.3, 0.4) is 0 Å². The molecular weight excluding hydrogens is 265 g/mol. The Morgan fingerprint density at radius 1 is 1.31 bits per heavy atom. The number of allylic oxidation sites excluding steroid dienone is 1. The van der Waals surface area contributed by atoms with Gasteiger partial charge in [0.15, 0.2) is 0 Å². The molecule has 0 fully saturated rings. The number of aromatic nitrogens is 1. The second-order valence-electron chi connectivity index (χ2n) is 3.44. The molecule has 1 aromatic heterocycles. The van der Waals surface area contributed by atoms with E-state index < -0.39 is 0 Å². The number of hydrogen-bond donors (Lipinski definition) is 0. The Kier molecular flexibility index (Phi) is 3.60. The van der Waals surface area contributed by atoms with E-state index in [0.29, 0.717) is 15.0 Å². The summed E-state index contributed by atoms with van der Waals surface area (Å²) in [6.07, 6.45) is 2.05. The first kappa shape index (κ1) is 11.2. The molecular formula is C13H13NOSe. The van der Waals surface area contributed by atoms with Crippen molar-refractivity contribution in [2.45, 2.75) is 12.7 Å². The SMILES string of the molecule is C[Se]/C(C)=C\c1cc(-c2ccccc2)no1. The van der Waals surface area contributed by atoms with Crippen LogP contribution < -0.4 is 0 Å². The zero-order chi connectivity index (χ0) is 11.4. The molecule has 0 saturated carbocycles. The quantitative estimate of drug-likeness (QED) is 0.804. The average Bonchev–Trinajstić information content (AvgIpc) is 2.78. The summed E-state index contributed by atoms with van der Waals surface area (Å²) in [7, 11) is 0. The summed E-state index contributed by atoms with van der Waals surface area (Å²) in [6, 6.07) is 12.0. The molecule has 0 aliphatic heterocycles. The van der Waals surface area contributed by atoms with E-state index in [2.05, 4.69) is 24.0 Å². The number of benzene rings is 1. The molecule has 0 aliphatic carbocycles. The zero-order valence-corrected chi connectivity index (χ0v) is 11.0. The van der Waals surface area contributed by atoms with Crippen LogP contribution in [0.15, 0.2) is 45.4 Å². The summed E-state index contributed by atoms with van der Waals surface area (Å²) >= 11 is 0.527. The van der Waals surface area contributed by atoms with E-state index in [1.165, 1.54) is 4.47 Å². The van der Waals surface area contributed by atoms with Gasteiger partial charge in [0.1, 0.15) is 0 Å². The molecule has 0 saturated heterocycles. The third-order valence-corrected chi connectivity index (χ3v) is 3.86. The van der Waals surface area contributed by atoms with Gasteiger partial charge in [-0.25, -0.2) is 0 Å². The van der Waals surface area contributed by atoms with Crippen molar-refractivity contribution in [3.8, 4) is 11.3 Å². The van der Waals surface area contributed by atoms with E-state index in [1.54, 1.807) is 0 Å². The molecule has 16 heavy (non-hydrogen) atoms. The summed E-state index contributed by atoms with van der Waals surface area (Å²) < 4.78 is 6.63. The molecule has 1 aromatic carbocycles. The Balaban J connectivity index is 2.27. The van der Waals surface area contributed by atoms with Crippen LogP contribution >= 0.6 is 0 Å². The second kappa shape index (κ2) is 5.15. The average molecular weight is 278 g/mol. The fourth-order valence-electron chi connectivity index (χ4n) is 1.36. The van der Waals surface area contributed by atoms with Crippen molar-refractivity contribution in [3.63, 3.8) is 0 Å². The molecule has 0 aliphatic rings. The van der Waals surface area contributed by atoms with Crippen LogP contribution in [-0.2, 0) is 0 Å². The summed E-state index contributed by atoms with van der Waals surface area (Å²) in [5, 5.41) is 4.06. The van der Waals surface area contributed by atoms with Gasteiger partial charge in [-0.05, 0) is 0 Å². The van der Waals surface area contributed by atoms with Crippen LogP contribution in [0.25, 0.3) is 17.3 Å². The predicted octanol–water partition coefficient (Wildman–Crippen LogP) is 3.45. The third kappa shape index (κ3) is 2.63. The van der Waals surface area contributed by atoms with Crippen molar-refractivity contribution in [1.82, 2.24) is 5.16 Å². The Morgan fingerprint density at radius 3 is 2.75 bits per heavy atom. The molecule has 0 bridgehead atoms. The Hall–Kier alpha value is -1.31. The predicted molar refractivity (Wildman–Crippen MR) is 67.2 cm³/mol. The Labute approximate surface area is 102 Å². The van der Waals surface area contributed by atoms with Gasteiger partial charge in [-0.15, -0.1) is 0 Å². The van der Waals surface area contributed by atoms with Gasteiger partial charge in [-0.1, -0.05) is 0 Å². The van der Waals surface area contributed by atoms with Gasteiger partial charge in [0.25, 0.3) is 0 Å². The van der Waals surface area contributed by atoms with Gasteiger partial charge < -0.3 is 0 Å². The molecule has 2 nitrogen and oxygen atoms in total.